The maximum Gasteiger partial charge on any atom is 0.341 e. The van der Waals surface area contributed by atoms with Crippen molar-refractivity contribution >= 4 is 34.2 Å². The number of amides is 1. The smallest absolute Gasteiger partial charge is 0.341 e. The molecule has 8 nitrogen and oxygen atoms in total. The molecule has 1 unspecified atom stereocenters. The van der Waals surface area contributed by atoms with E-state index in [2.05, 4.69) is 10.4 Å². The van der Waals surface area contributed by atoms with E-state index in [1.54, 1.807) is 13.0 Å². The molecular weight excluding hydrogens is 346 g/mol. The fourth-order valence-corrected chi connectivity index (χ4v) is 3.12. The van der Waals surface area contributed by atoms with Gasteiger partial charge in [-0.3, -0.25) is 4.79 Å². The number of anilines is 1. The van der Waals surface area contributed by atoms with Crippen molar-refractivity contribution < 1.29 is 24.2 Å². The zero-order valence-electron chi connectivity index (χ0n) is 14.1. The summed E-state index contributed by atoms with van der Waals surface area (Å²) in [5.74, 6) is -2.16. The number of nitrogens with one attached hydrogen (secondary N) is 1. The van der Waals surface area contributed by atoms with Gasteiger partial charge in [-0.1, -0.05) is 6.92 Å². The first-order chi connectivity index (χ1) is 11.9. The molecule has 0 aromatic carbocycles. The molecule has 0 bridgehead atoms. The van der Waals surface area contributed by atoms with E-state index in [4.69, 9.17) is 9.84 Å². The lowest BCUT2D eigenvalue weighted by Crippen LogP contribution is -2.24. The number of aryl methyl sites for hydroxylation is 1. The van der Waals surface area contributed by atoms with Crippen LogP contribution in [0.5, 0.6) is 0 Å². The monoisotopic (exact) mass is 365 g/mol. The topological polar surface area (TPSA) is 111 Å². The number of nitrogens with zero attached hydrogens (tertiary/aromatic N) is 2. The number of esters is 1. The number of hydrogen-bond acceptors (Lipinski definition) is 6. The minimum atomic E-state index is -1.10. The molecule has 0 fully saturated rings. The molecule has 0 saturated carbocycles. The van der Waals surface area contributed by atoms with Gasteiger partial charge < -0.3 is 15.2 Å². The van der Waals surface area contributed by atoms with Crippen LogP contribution in [0.15, 0.2) is 18.3 Å². The highest BCUT2D eigenvalue weighted by Crippen LogP contribution is 2.30. The zero-order valence-corrected chi connectivity index (χ0v) is 14.9. The summed E-state index contributed by atoms with van der Waals surface area (Å²) in [5, 5.41) is 16.0. The Labute approximate surface area is 148 Å². The highest BCUT2D eigenvalue weighted by Gasteiger charge is 2.24. The lowest BCUT2D eigenvalue weighted by molar-refractivity contribution is -0.140. The minimum absolute atomic E-state index is 0.0937. The van der Waals surface area contributed by atoms with Crippen molar-refractivity contribution in [3.63, 3.8) is 0 Å². The van der Waals surface area contributed by atoms with E-state index in [9.17, 15) is 14.4 Å². The lowest BCUT2D eigenvalue weighted by Gasteiger charge is -2.11. The molecule has 2 rings (SSSR count). The summed E-state index contributed by atoms with van der Waals surface area (Å²) >= 11 is 1.28. The minimum Gasteiger partial charge on any atom is -0.480 e. The van der Waals surface area contributed by atoms with E-state index in [1.807, 2.05) is 6.92 Å². The highest BCUT2D eigenvalue weighted by molar-refractivity contribution is 7.16. The van der Waals surface area contributed by atoms with Crippen molar-refractivity contribution in [1.82, 2.24) is 9.78 Å². The quantitative estimate of drug-likeness (QED) is 0.730. The van der Waals surface area contributed by atoms with Crippen LogP contribution < -0.4 is 5.32 Å². The molecule has 1 atom stereocenters. The van der Waals surface area contributed by atoms with Gasteiger partial charge in [-0.25, -0.2) is 14.3 Å². The third-order valence-electron chi connectivity index (χ3n) is 3.48. The Hall–Kier alpha value is -2.68. The Bertz CT molecular complexity index is 796. The number of hydrogen-bond donors (Lipinski definition) is 2. The van der Waals surface area contributed by atoms with Gasteiger partial charge in [0, 0.05) is 11.1 Å². The number of ether oxygens (including phenoxy) is 1. The van der Waals surface area contributed by atoms with Crippen molar-refractivity contribution in [2.24, 2.45) is 0 Å². The maximum atomic E-state index is 12.5. The predicted octanol–water partition coefficient (Wildman–Crippen LogP) is 2.58. The number of carboxylic acid groups (broad SMARTS) is 1. The van der Waals surface area contributed by atoms with E-state index in [0.717, 1.165) is 9.56 Å². The van der Waals surface area contributed by atoms with Crippen LogP contribution in [-0.4, -0.2) is 39.3 Å². The fourth-order valence-electron chi connectivity index (χ4n) is 2.14. The lowest BCUT2D eigenvalue weighted by atomic mass is 10.2. The van der Waals surface area contributed by atoms with Crippen LogP contribution in [0.1, 0.15) is 52.5 Å². The standard InChI is InChI=1S/C16H19N3O5S/c1-4-10-8-11(16(23)24-5-2)14(25-10)18-13(20)12-6-7-17-19(12)9(3)15(21)22/h6-9H,4-5H2,1-3H3,(H,18,20)(H,21,22). The predicted molar refractivity (Wildman–Crippen MR) is 92.2 cm³/mol. The second kappa shape index (κ2) is 7.93. The number of carboxylic acids is 1. The molecule has 9 heteroatoms. The second-order valence-corrected chi connectivity index (χ2v) is 6.30. The molecule has 134 valence electrons. The van der Waals surface area contributed by atoms with E-state index in [-0.39, 0.29) is 17.9 Å². The van der Waals surface area contributed by atoms with E-state index < -0.39 is 23.9 Å². The van der Waals surface area contributed by atoms with Crippen LogP contribution in [0.4, 0.5) is 5.00 Å². The molecule has 0 spiro atoms. The Morgan fingerprint density at radius 2 is 2.12 bits per heavy atom. The highest BCUT2D eigenvalue weighted by atomic mass is 32.1. The molecule has 0 radical (unpaired) electrons. The summed E-state index contributed by atoms with van der Waals surface area (Å²) in [6, 6.07) is 2.12. The Balaban J connectivity index is 2.30. The fraction of sp³-hybridized carbons (Fsp3) is 0.375. The number of rotatable bonds is 7. The van der Waals surface area contributed by atoms with Gasteiger partial charge in [-0.2, -0.15) is 5.10 Å². The number of thiophene rings is 1. The number of carbonyl (C=O) groups is 3. The largest absolute Gasteiger partial charge is 0.480 e. The Kier molecular flexibility index (Phi) is 5.92. The van der Waals surface area contributed by atoms with Crippen molar-refractivity contribution in [1.29, 1.82) is 0 Å². The molecule has 0 aliphatic carbocycles. The maximum absolute atomic E-state index is 12.5. The molecule has 25 heavy (non-hydrogen) atoms. The Morgan fingerprint density at radius 1 is 1.40 bits per heavy atom. The molecular formula is C16H19N3O5S. The molecule has 2 aromatic rings. The van der Waals surface area contributed by atoms with Crippen molar-refractivity contribution in [3.8, 4) is 0 Å². The summed E-state index contributed by atoms with van der Waals surface area (Å²) in [6.07, 6.45) is 2.06. The Morgan fingerprint density at radius 3 is 2.72 bits per heavy atom. The van der Waals surface area contributed by atoms with E-state index in [0.29, 0.717) is 11.4 Å². The number of carbonyl (C=O) groups excluding carboxylic acids is 2. The second-order valence-electron chi connectivity index (χ2n) is 5.16. The van der Waals surface area contributed by atoms with Crippen LogP contribution in [-0.2, 0) is 16.0 Å². The molecule has 0 saturated heterocycles. The normalized spacial score (nSPS) is 11.8. The molecule has 0 aliphatic heterocycles. The molecule has 2 heterocycles. The SMILES string of the molecule is CCOC(=O)c1cc(CC)sc1NC(=O)c1ccnn1C(C)C(=O)O. The van der Waals surface area contributed by atoms with Crippen molar-refractivity contribution in [3.05, 3.63) is 34.5 Å². The molecule has 1 amide bonds. The van der Waals surface area contributed by atoms with Gasteiger partial charge >= 0.3 is 11.9 Å². The van der Waals surface area contributed by atoms with Crippen molar-refractivity contribution in [2.75, 3.05) is 11.9 Å². The van der Waals surface area contributed by atoms with Crippen LogP contribution in [0.3, 0.4) is 0 Å². The first kappa shape index (κ1) is 18.7. The third-order valence-corrected chi connectivity index (χ3v) is 4.68. The molecule has 2 aromatic heterocycles. The van der Waals surface area contributed by atoms with Gasteiger partial charge in [-0.05, 0) is 32.4 Å². The molecule has 2 N–H and O–H groups in total. The summed E-state index contributed by atoms with van der Waals surface area (Å²) in [7, 11) is 0. The zero-order chi connectivity index (χ0) is 18.6. The summed E-state index contributed by atoms with van der Waals surface area (Å²) in [5.41, 5.74) is 0.380. The summed E-state index contributed by atoms with van der Waals surface area (Å²) in [6.45, 7) is 5.30. The average Bonchev–Trinajstić information content (AvgIpc) is 3.20. The summed E-state index contributed by atoms with van der Waals surface area (Å²) < 4.78 is 6.13. The third kappa shape index (κ3) is 4.05. The average molecular weight is 365 g/mol. The van der Waals surface area contributed by atoms with E-state index in [1.165, 1.54) is 30.5 Å². The van der Waals surface area contributed by atoms with Crippen molar-refractivity contribution in [2.45, 2.75) is 33.2 Å². The van der Waals surface area contributed by atoms with Gasteiger partial charge in [0.05, 0.1) is 12.2 Å². The molecule has 0 aliphatic rings. The first-order valence-corrected chi connectivity index (χ1v) is 8.58. The van der Waals surface area contributed by atoms with Gasteiger partial charge in [0.2, 0.25) is 0 Å². The summed E-state index contributed by atoms with van der Waals surface area (Å²) in [4.78, 5) is 36.7. The van der Waals surface area contributed by atoms with Gasteiger partial charge in [-0.15, -0.1) is 11.3 Å². The van der Waals surface area contributed by atoms with Crippen LogP contribution in [0, 0.1) is 0 Å². The van der Waals surface area contributed by atoms with Crippen LogP contribution >= 0.6 is 11.3 Å². The van der Waals surface area contributed by atoms with Gasteiger partial charge in [0.1, 0.15) is 16.7 Å². The van der Waals surface area contributed by atoms with Gasteiger partial charge in [0.15, 0.2) is 0 Å². The number of aliphatic carboxylic acids is 1. The van der Waals surface area contributed by atoms with Gasteiger partial charge in [0.25, 0.3) is 5.91 Å². The van der Waals surface area contributed by atoms with Crippen LogP contribution in [0.2, 0.25) is 0 Å². The number of aromatic nitrogens is 2. The first-order valence-electron chi connectivity index (χ1n) is 7.76. The van der Waals surface area contributed by atoms with E-state index >= 15 is 0 Å². The van der Waals surface area contributed by atoms with Crippen LogP contribution in [0.25, 0.3) is 0 Å².